The Morgan fingerprint density at radius 3 is 2.70 bits per heavy atom. The molecule has 3 nitrogen and oxygen atoms in total. The smallest absolute Gasteiger partial charge is 0.312 e. The van der Waals surface area contributed by atoms with Crippen LogP contribution in [0.2, 0.25) is 0 Å². The van der Waals surface area contributed by atoms with Crippen LogP contribution in [-0.2, 0) is 9.53 Å². The summed E-state index contributed by atoms with van der Waals surface area (Å²) in [6.07, 6.45) is 1.87. The summed E-state index contributed by atoms with van der Waals surface area (Å²) in [5, 5.41) is 7.45. The van der Waals surface area contributed by atoms with Crippen LogP contribution in [0, 0.1) is 5.41 Å². The monoisotopic (exact) mass is 161 g/mol. The molecule has 4 heteroatoms. The molecule has 0 aromatic rings. The van der Waals surface area contributed by atoms with E-state index in [0.29, 0.717) is 11.7 Å². The number of carbonyl (C=O) groups excluding carboxylic acids is 1. The Labute approximate surface area is 64.6 Å². The summed E-state index contributed by atoms with van der Waals surface area (Å²) in [6, 6.07) is 0. The van der Waals surface area contributed by atoms with Crippen molar-refractivity contribution in [3.63, 3.8) is 0 Å². The first-order chi connectivity index (χ1) is 4.70. The van der Waals surface area contributed by atoms with E-state index in [9.17, 15) is 4.79 Å². The van der Waals surface area contributed by atoms with E-state index in [-0.39, 0.29) is 12.4 Å². The molecule has 0 heterocycles. The van der Waals surface area contributed by atoms with Gasteiger partial charge in [-0.15, -0.1) is 11.8 Å². The molecular formula is C6H11NO2S. The zero-order valence-corrected chi connectivity index (χ0v) is 6.96. The number of hydrogen-bond donors (Lipinski definition) is 1. The fourth-order valence-electron chi connectivity index (χ4n) is 0.415. The quantitative estimate of drug-likeness (QED) is 0.385. The molecule has 0 aromatic carbocycles. The number of rotatable bonds is 3. The first-order valence-corrected chi connectivity index (χ1v) is 4.20. The molecule has 0 unspecified atom stereocenters. The maximum Gasteiger partial charge on any atom is 0.312 e. The molecule has 0 fully saturated rings. The van der Waals surface area contributed by atoms with E-state index in [0.717, 1.165) is 0 Å². The fourth-order valence-corrected chi connectivity index (χ4v) is 0.677. The maximum atomic E-state index is 10.6. The molecular weight excluding hydrogens is 150 g/mol. The van der Waals surface area contributed by atoms with E-state index in [4.69, 9.17) is 5.41 Å². The number of ether oxygens (including phenoxy) is 1. The average molecular weight is 161 g/mol. The molecule has 0 aromatic heterocycles. The van der Waals surface area contributed by atoms with Crippen LogP contribution in [0.3, 0.4) is 0 Å². The number of thioether (sulfide) groups is 1. The fraction of sp³-hybridized carbons (Fsp3) is 0.667. The van der Waals surface area contributed by atoms with Crippen molar-refractivity contribution in [3.8, 4) is 0 Å². The van der Waals surface area contributed by atoms with Crippen LogP contribution in [0.1, 0.15) is 13.3 Å². The van der Waals surface area contributed by atoms with Gasteiger partial charge in [0.1, 0.15) is 0 Å². The lowest BCUT2D eigenvalue weighted by molar-refractivity contribution is -0.141. The molecule has 1 N–H and O–H groups in total. The van der Waals surface area contributed by atoms with Gasteiger partial charge in [0.15, 0.2) is 0 Å². The van der Waals surface area contributed by atoms with Crippen LogP contribution < -0.4 is 0 Å². The van der Waals surface area contributed by atoms with Crippen molar-refractivity contribution < 1.29 is 9.53 Å². The van der Waals surface area contributed by atoms with Gasteiger partial charge in [-0.05, 0) is 13.2 Å². The van der Waals surface area contributed by atoms with E-state index in [1.807, 2.05) is 0 Å². The number of nitrogens with one attached hydrogen (secondary N) is 1. The van der Waals surface area contributed by atoms with Crippen molar-refractivity contribution >= 4 is 22.8 Å². The topological polar surface area (TPSA) is 50.2 Å². The summed E-state index contributed by atoms with van der Waals surface area (Å²) in [6.45, 7) is 2.14. The van der Waals surface area contributed by atoms with Crippen molar-refractivity contribution in [3.05, 3.63) is 0 Å². The zero-order chi connectivity index (χ0) is 7.98. The lowest BCUT2D eigenvalue weighted by Crippen LogP contribution is -2.07. The van der Waals surface area contributed by atoms with Crippen LogP contribution in [-0.4, -0.2) is 23.9 Å². The van der Waals surface area contributed by atoms with E-state index in [1.165, 1.54) is 11.8 Å². The molecule has 0 aliphatic rings. The van der Waals surface area contributed by atoms with E-state index in [2.05, 4.69) is 4.74 Å². The molecule has 10 heavy (non-hydrogen) atoms. The van der Waals surface area contributed by atoms with E-state index < -0.39 is 0 Å². The van der Waals surface area contributed by atoms with E-state index >= 15 is 0 Å². The average Bonchev–Trinajstić information content (AvgIpc) is 1.88. The van der Waals surface area contributed by atoms with Gasteiger partial charge in [-0.25, -0.2) is 0 Å². The van der Waals surface area contributed by atoms with Gasteiger partial charge in [0.2, 0.25) is 0 Å². The lowest BCUT2D eigenvalue weighted by atomic mass is 10.5. The standard InChI is InChI=1S/C6H11NO2S/c1-3-9-6(8)4-5(7)10-2/h7H,3-4H2,1-2H3. The van der Waals surface area contributed by atoms with Gasteiger partial charge < -0.3 is 4.74 Å². The van der Waals surface area contributed by atoms with Gasteiger partial charge >= 0.3 is 5.97 Å². The predicted molar refractivity (Wildman–Crippen MR) is 42.5 cm³/mol. The van der Waals surface area contributed by atoms with Crippen molar-refractivity contribution in [1.29, 1.82) is 5.41 Å². The molecule has 0 bridgehead atoms. The minimum atomic E-state index is -0.318. The van der Waals surface area contributed by atoms with Crippen LogP contribution >= 0.6 is 11.8 Å². The van der Waals surface area contributed by atoms with Gasteiger partial charge in [-0.1, -0.05) is 0 Å². The normalized spacial score (nSPS) is 9.00. The summed E-state index contributed by atoms with van der Waals surface area (Å²) in [7, 11) is 0. The second-order valence-electron chi connectivity index (χ2n) is 1.61. The Morgan fingerprint density at radius 2 is 2.30 bits per heavy atom. The van der Waals surface area contributed by atoms with Crippen LogP contribution in [0.5, 0.6) is 0 Å². The Kier molecular flexibility index (Phi) is 5.02. The summed E-state index contributed by atoms with van der Waals surface area (Å²) in [5.41, 5.74) is 0. The lowest BCUT2D eigenvalue weighted by Gasteiger charge is -1.99. The second-order valence-corrected chi connectivity index (χ2v) is 2.51. The molecule has 0 atom stereocenters. The van der Waals surface area contributed by atoms with Gasteiger partial charge in [-0.3, -0.25) is 10.2 Å². The number of carbonyl (C=O) groups is 1. The van der Waals surface area contributed by atoms with Gasteiger partial charge in [0, 0.05) is 0 Å². The molecule has 0 saturated carbocycles. The molecule has 58 valence electrons. The summed E-state index contributed by atoms with van der Waals surface area (Å²) in [5.74, 6) is -0.318. The van der Waals surface area contributed by atoms with Crippen molar-refractivity contribution in [2.45, 2.75) is 13.3 Å². The highest BCUT2D eigenvalue weighted by Crippen LogP contribution is 2.00. The second kappa shape index (κ2) is 5.29. The molecule has 0 radical (unpaired) electrons. The molecule has 0 aliphatic heterocycles. The SMILES string of the molecule is CCOC(=O)CC(=N)SC. The highest BCUT2D eigenvalue weighted by atomic mass is 32.2. The maximum absolute atomic E-state index is 10.6. The minimum Gasteiger partial charge on any atom is -0.466 e. The van der Waals surface area contributed by atoms with Gasteiger partial charge in [0.05, 0.1) is 18.1 Å². The van der Waals surface area contributed by atoms with Crippen molar-refractivity contribution in [2.75, 3.05) is 12.9 Å². The van der Waals surface area contributed by atoms with Crippen LogP contribution in [0.25, 0.3) is 0 Å². The third kappa shape index (κ3) is 4.38. The van der Waals surface area contributed by atoms with E-state index in [1.54, 1.807) is 13.2 Å². The molecule has 0 spiro atoms. The molecule has 0 rings (SSSR count). The third-order valence-corrected chi connectivity index (χ3v) is 1.49. The highest BCUT2D eigenvalue weighted by Gasteiger charge is 2.03. The summed E-state index contributed by atoms with van der Waals surface area (Å²) in [4.78, 5) is 10.6. The Morgan fingerprint density at radius 1 is 1.70 bits per heavy atom. The summed E-state index contributed by atoms with van der Waals surface area (Å²) >= 11 is 1.26. The van der Waals surface area contributed by atoms with Crippen molar-refractivity contribution in [1.82, 2.24) is 0 Å². The first-order valence-electron chi connectivity index (χ1n) is 2.97. The Hall–Kier alpha value is -0.510. The van der Waals surface area contributed by atoms with Gasteiger partial charge in [-0.2, -0.15) is 0 Å². The van der Waals surface area contributed by atoms with Crippen LogP contribution in [0.15, 0.2) is 0 Å². The highest BCUT2D eigenvalue weighted by molar-refractivity contribution is 8.13. The predicted octanol–water partition coefficient (Wildman–Crippen LogP) is 1.28. The summed E-state index contributed by atoms with van der Waals surface area (Å²) < 4.78 is 4.62. The third-order valence-electron chi connectivity index (χ3n) is 0.857. The number of esters is 1. The molecule has 0 amide bonds. The Balaban J connectivity index is 3.47. The largest absolute Gasteiger partial charge is 0.466 e. The minimum absolute atomic E-state index is 0.106. The Bertz CT molecular complexity index is 136. The molecule has 0 aliphatic carbocycles. The first kappa shape index (κ1) is 9.49. The van der Waals surface area contributed by atoms with Crippen LogP contribution in [0.4, 0.5) is 0 Å². The van der Waals surface area contributed by atoms with Crippen molar-refractivity contribution in [2.24, 2.45) is 0 Å². The van der Waals surface area contributed by atoms with Gasteiger partial charge in [0.25, 0.3) is 0 Å². The molecule has 0 saturated heterocycles. The zero-order valence-electron chi connectivity index (χ0n) is 6.14. The number of hydrogen-bond acceptors (Lipinski definition) is 4.